The molecule has 1 atom stereocenters. The molecular formula is C9H15BrClN3. The molecule has 0 fully saturated rings. The highest BCUT2D eigenvalue weighted by molar-refractivity contribution is 9.10. The second kappa shape index (κ2) is 5.12. The quantitative estimate of drug-likeness (QED) is 0.794. The maximum atomic E-state index is 6.17. The van der Waals surface area contributed by atoms with Gasteiger partial charge in [0.1, 0.15) is 0 Å². The van der Waals surface area contributed by atoms with E-state index >= 15 is 0 Å². The van der Waals surface area contributed by atoms with Crippen molar-refractivity contribution in [3.63, 3.8) is 0 Å². The molecule has 0 spiro atoms. The van der Waals surface area contributed by atoms with Gasteiger partial charge < -0.3 is 0 Å². The minimum Gasteiger partial charge on any atom is -0.251 e. The fourth-order valence-corrected chi connectivity index (χ4v) is 1.86. The van der Waals surface area contributed by atoms with E-state index in [9.17, 15) is 0 Å². The highest BCUT2D eigenvalue weighted by Gasteiger charge is 2.13. The lowest BCUT2D eigenvalue weighted by Crippen LogP contribution is -2.10. The minimum absolute atomic E-state index is 0.219. The van der Waals surface area contributed by atoms with E-state index in [4.69, 9.17) is 11.6 Å². The average molecular weight is 281 g/mol. The summed E-state index contributed by atoms with van der Waals surface area (Å²) in [6, 6.07) is 0. The predicted octanol–water partition coefficient (Wildman–Crippen LogP) is 2.77. The molecule has 1 aromatic heterocycles. The third kappa shape index (κ3) is 2.95. The van der Waals surface area contributed by atoms with Gasteiger partial charge in [-0.15, -0.1) is 16.7 Å². The van der Waals surface area contributed by atoms with Crippen molar-refractivity contribution in [1.82, 2.24) is 15.0 Å². The summed E-state index contributed by atoms with van der Waals surface area (Å²) < 4.78 is 2.61. The van der Waals surface area contributed by atoms with Gasteiger partial charge in [-0.1, -0.05) is 19.1 Å². The van der Waals surface area contributed by atoms with Gasteiger partial charge in [0.15, 0.2) is 4.60 Å². The highest BCUT2D eigenvalue weighted by Crippen LogP contribution is 2.19. The minimum atomic E-state index is 0.219. The molecule has 0 amide bonds. The molecule has 0 aliphatic heterocycles. The molecule has 3 nitrogen and oxygen atoms in total. The fourth-order valence-electron chi connectivity index (χ4n) is 1.22. The summed E-state index contributed by atoms with van der Waals surface area (Å²) in [5.74, 6) is 0.511. The molecule has 0 N–H and O–H groups in total. The number of aryl methyl sites for hydroxylation is 1. The van der Waals surface area contributed by atoms with Gasteiger partial charge in [-0.2, -0.15) is 0 Å². The van der Waals surface area contributed by atoms with Crippen LogP contribution in [-0.2, 0) is 13.5 Å². The molecule has 0 aromatic carbocycles. The van der Waals surface area contributed by atoms with Crippen LogP contribution in [0.4, 0.5) is 0 Å². The zero-order valence-electron chi connectivity index (χ0n) is 8.67. The van der Waals surface area contributed by atoms with Gasteiger partial charge in [0.05, 0.1) is 5.69 Å². The van der Waals surface area contributed by atoms with Crippen molar-refractivity contribution in [3.05, 3.63) is 10.3 Å². The molecule has 0 bridgehead atoms. The van der Waals surface area contributed by atoms with Crippen LogP contribution in [0.1, 0.15) is 26.0 Å². The number of rotatable bonds is 4. The molecule has 0 saturated heterocycles. The zero-order valence-corrected chi connectivity index (χ0v) is 11.0. The van der Waals surface area contributed by atoms with Crippen LogP contribution in [0.3, 0.4) is 0 Å². The first-order valence-electron chi connectivity index (χ1n) is 4.70. The van der Waals surface area contributed by atoms with Crippen LogP contribution >= 0.6 is 27.5 Å². The number of halogens is 2. The number of hydrogen-bond acceptors (Lipinski definition) is 2. The summed E-state index contributed by atoms with van der Waals surface area (Å²) in [7, 11) is 1.89. The van der Waals surface area contributed by atoms with Crippen LogP contribution < -0.4 is 0 Å². The third-order valence-electron chi connectivity index (χ3n) is 2.28. The highest BCUT2D eigenvalue weighted by atomic mass is 79.9. The Balaban J connectivity index is 2.53. The molecule has 1 heterocycles. The van der Waals surface area contributed by atoms with Crippen molar-refractivity contribution < 1.29 is 0 Å². The number of hydrogen-bond donors (Lipinski definition) is 0. The lowest BCUT2D eigenvalue weighted by Gasteiger charge is -2.12. The Morgan fingerprint density at radius 3 is 2.57 bits per heavy atom. The van der Waals surface area contributed by atoms with Crippen molar-refractivity contribution in [1.29, 1.82) is 0 Å². The average Bonchev–Trinajstić information content (AvgIpc) is 2.43. The second-order valence-electron chi connectivity index (χ2n) is 3.75. The first-order chi connectivity index (χ1) is 6.52. The number of alkyl halides is 1. The maximum Gasteiger partial charge on any atom is 0.151 e. The Hall–Kier alpha value is -0.0900. The Morgan fingerprint density at radius 1 is 1.50 bits per heavy atom. The van der Waals surface area contributed by atoms with E-state index in [0.717, 1.165) is 23.1 Å². The molecule has 5 heteroatoms. The smallest absolute Gasteiger partial charge is 0.151 e. The van der Waals surface area contributed by atoms with Crippen molar-refractivity contribution in [2.75, 3.05) is 0 Å². The molecule has 1 aromatic rings. The monoisotopic (exact) mass is 279 g/mol. The lowest BCUT2D eigenvalue weighted by atomic mass is 10.0. The standard InChI is InChI=1S/C9H15BrClN3/c1-6(2)7(11)4-5-8-9(10)12-13-14(8)3/h6-7H,4-5H2,1-3H3. The normalized spacial score (nSPS) is 13.6. The molecule has 0 radical (unpaired) electrons. The Morgan fingerprint density at radius 2 is 2.14 bits per heavy atom. The first-order valence-corrected chi connectivity index (χ1v) is 5.93. The van der Waals surface area contributed by atoms with E-state index in [-0.39, 0.29) is 5.38 Å². The second-order valence-corrected chi connectivity index (χ2v) is 5.06. The van der Waals surface area contributed by atoms with E-state index < -0.39 is 0 Å². The summed E-state index contributed by atoms with van der Waals surface area (Å²) in [6.45, 7) is 4.27. The van der Waals surface area contributed by atoms with Gasteiger partial charge >= 0.3 is 0 Å². The van der Waals surface area contributed by atoms with Crippen LogP contribution in [0.2, 0.25) is 0 Å². The van der Waals surface area contributed by atoms with Gasteiger partial charge in [0, 0.05) is 12.4 Å². The Kier molecular flexibility index (Phi) is 4.38. The van der Waals surface area contributed by atoms with Crippen molar-refractivity contribution in [2.45, 2.75) is 32.1 Å². The molecular weight excluding hydrogens is 265 g/mol. The molecule has 0 aliphatic carbocycles. The van der Waals surface area contributed by atoms with Crippen LogP contribution in [0.25, 0.3) is 0 Å². The summed E-state index contributed by atoms with van der Waals surface area (Å²) in [6.07, 6.45) is 1.87. The van der Waals surface area contributed by atoms with Gasteiger partial charge in [-0.25, -0.2) is 0 Å². The van der Waals surface area contributed by atoms with Crippen LogP contribution in [0.15, 0.2) is 4.60 Å². The molecule has 1 unspecified atom stereocenters. The van der Waals surface area contributed by atoms with Gasteiger partial charge in [-0.05, 0) is 34.7 Å². The SMILES string of the molecule is CC(C)C(Cl)CCc1c(Br)nnn1C. The number of nitrogens with zero attached hydrogens (tertiary/aromatic N) is 3. The van der Waals surface area contributed by atoms with Crippen LogP contribution in [0.5, 0.6) is 0 Å². The van der Waals surface area contributed by atoms with Crippen molar-refractivity contribution >= 4 is 27.5 Å². The first kappa shape index (κ1) is 12.0. The zero-order chi connectivity index (χ0) is 10.7. The fraction of sp³-hybridized carbons (Fsp3) is 0.778. The topological polar surface area (TPSA) is 30.7 Å². The molecule has 0 aliphatic rings. The van der Waals surface area contributed by atoms with Crippen LogP contribution in [0, 0.1) is 5.92 Å². The van der Waals surface area contributed by atoms with Crippen LogP contribution in [-0.4, -0.2) is 20.4 Å². The Bertz CT molecular complexity index is 279. The lowest BCUT2D eigenvalue weighted by molar-refractivity contribution is 0.552. The van der Waals surface area contributed by atoms with Crippen molar-refractivity contribution in [3.8, 4) is 0 Å². The van der Waals surface area contributed by atoms with E-state index in [1.165, 1.54) is 0 Å². The van der Waals surface area contributed by atoms with Gasteiger partial charge in [-0.3, -0.25) is 4.68 Å². The Labute approximate surface area is 98.0 Å². The van der Waals surface area contributed by atoms with E-state index in [1.54, 1.807) is 4.68 Å². The molecule has 80 valence electrons. The van der Waals surface area contributed by atoms with E-state index in [2.05, 4.69) is 40.1 Å². The van der Waals surface area contributed by atoms with E-state index in [0.29, 0.717) is 5.92 Å². The summed E-state index contributed by atoms with van der Waals surface area (Å²) in [5.41, 5.74) is 1.11. The molecule has 1 rings (SSSR count). The largest absolute Gasteiger partial charge is 0.251 e. The number of aromatic nitrogens is 3. The summed E-state index contributed by atoms with van der Waals surface area (Å²) >= 11 is 9.54. The van der Waals surface area contributed by atoms with Gasteiger partial charge in [0.25, 0.3) is 0 Å². The van der Waals surface area contributed by atoms with Gasteiger partial charge in [0.2, 0.25) is 0 Å². The third-order valence-corrected chi connectivity index (χ3v) is 3.61. The maximum absolute atomic E-state index is 6.17. The predicted molar refractivity (Wildman–Crippen MR) is 61.5 cm³/mol. The van der Waals surface area contributed by atoms with Crippen molar-refractivity contribution in [2.24, 2.45) is 13.0 Å². The summed E-state index contributed by atoms with van der Waals surface area (Å²) in [4.78, 5) is 0. The van der Waals surface area contributed by atoms with E-state index in [1.807, 2.05) is 7.05 Å². The molecule has 0 saturated carbocycles. The molecule has 14 heavy (non-hydrogen) atoms. The summed E-state index contributed by atoms with van der Waals surface area (Å²) in [5, 5.41) is 8.06.